The highest BCUT2D eigenvalue weighted by Gasteiger charge is 2.27. The van der Waals surface area contributed by atoms with Crippen molar-refractivity contribution in [1.29, 1.82) is 0 Å². The first-order valence-corrected chi connectivity index (χ1v) is 7.87. The summed E-state index contributed by atoms with van der Waals surface area (Å²) < 4.78 is 0. The lowest BCUT2D eigenvalue weighted by molar-refractivity contribution is 0.100. The molecule has 108 valence electrons. The summed E-state index contributed by atoms with van der Waals surface area (Å²) in [7, 11) is 4.61. The first-order chi connectivity index (χ1) is 8.45. The van der Waals surface area contributed by atoms with Crippen molar-refractivity contribution in [3.8, 4) is 0 Å². The Kier molecular flexibility index (Phi) is 6.65. The van der Waals surface area contributed by atoms with E-state index in [1.54, 1.807) is 0 Å². The standard InChI is InChI=1S/C16H34N2/c1-7-14(4)12-17(5)15-8-10-16(11-9-15)18(6)13(2)3/h13-16H,7-12H2,1-6H3. The SMILES string of the molecule is CCC(C)CN(C)C1CCC(N(C)C(C)C)CC1. The summed E-state index contributed by atoms with van der Waals surface area (Å²) in [6.07, 6.45) is 6.83. The highest BCUT2D eigenvalue weighted by molar-refractivity contribution is 4.83. The number of hydrogen-bond acceptors (Lipinski definition) is 2. The van der Waals surface area contributed by atoms with Crippen LogP contribution in [0.15, 0.2) is 0 Å². The molecule has 1 saturated carbocycles. The van der Waals surface area contributed by atoms with E-state index in [2.05, 4.69) is 51.6 Å². The van der Waals surface area contributed by atoms with Crippen LogP contribution in [-0.2, 0) is 0 Å². The van der Waals surface area contributed by atoms with Gasteiger partial charge in [-0.15, -0.1) is 0 Å². The van der Waals surface area contributed by atoms with Crippen LogP contribution in [0.25, 0.3) is 0 Å². The molecular weight excluding hydrogens is 220 g/mol. The Hall–Kier alpha value is -0.0800. The predicted octanol–water partition coefficient (Wildman–Crippen LogP) is 3.62. The van der Waals surface area contributed by atoms with Gasteiger partial charge in [0, 0.05) is 24.7 Å². The quantitative estimate of drug-likeness (QED) is 0.714. The lowest BCUT2D eigenvalue weighted by Gasteiger charge is -2.40. The van der Waals surface area contributed by atoms with Gasteiger partial charge in [-0.3, -0.25) is 0 Å². The van der Waals surface area contributed by atoms with E-state index in [4.69, 9.17) is 0 Å². The van der Waals surface area contributed by atoms with Crippen LogP contribution in [0.2, 0.25) is 0 Å². The van der Waals surface area contributed by atoms with Gasteiger partial charge in [-0.25, -0.2) is 0 Å². The second-order valence-electron chi connectivity index (χ2n) is 6.67. The first-order valence-electron chi connectivity index (χ1n) is 7.87. The highest BCUT2D eigenvalue weighted by atomic mass is 15.2. The molecule has 1 rings (SSSR count). The van der Waals surface area contributed by atoms with Gasteiger partial charge in [0.2, 0.25) is 0 Å². The van der Waals surface area contributed by atoms with Crippen molar-refractivity contribution < 1.29 is 0 Å². The van der Waals surface area contributed by atoms with E-state index in [1.807, 2.05) is 0 Å². The zero-order chi connectivity index (χ0) is 13.7. The zero-order valence-corrected chi connectivity index (χ0v) is 13.4. The number of rotatable bonds is 6. The van der Waals surface area contributed by atoms with Crippen LogP contribution in [0.4, 0.5) is 0 Å². The van der Waals surface area contributed by atoms with Crippen LogP contribution in [0.3, 0.4) is 0 Å². The van der Waals surface area contributed by atoms with Crippen LogP contribution in [-0.4, -0.2) is 48.6 Å². The summed E-state index contributed by atoms with van der Waals surface area (Å²) in [6, 6.07) is 2.33. The molecule has 1 fully saturated rings. The third kappa shape index (κ3) is 4.55. The Labute approximate surface area is 115 Å². The summed E-state index contributed by atoms with van der Waals surface area (Å²) in [4.78, 5) is 5.17. The van der Waals surface area contributed by atoms with Crippen LogP contribution in [0, 0.1) is 5.92 Å². The molecule has 1 aliphatic carbocycles. The van der Waals surface area contributed by atoms with Crippen molar-refractivity contribution in [2.75, 3.05) is 20.6 Å². The first kappa shape index (κ1) is 16.0. The van der Waals surface area contributed by atoms with Crippen molar-refractivity contribution in [2.24, 2.45) is 5.92 Å². The van der Waals surface area contributed by atoms with E-state index < -0.39 is 0 Å². The van der Waals surface area contributed by atoms with Gasteiger partial charge in [0.15, 0.2) is 0 Å². The molecule has 0 aromatic rings. The topological polar surface area (TPSA) is 6.48 Å². The van der Waals surface area contributed by atoms with E-state index in [0.29, 0.717) is 6.04 Å². The Bertz CT molecular complexity index is 219. The summed E-state index contributed by atoms with van der Waals surface area (Å²) >= 11 is 0. The largest absolute Gasteiger partial charge is 0.303 e. The molecule has 0 aliphatic heterocycles. The van der Waals surface area contributed by atoms with Crippen LogP contribution < -0.4 is 0 Å². The normalized spacial score (nSPS) is 27.2. The second-order valence-corrected chi connectivity index (χ2v) is 6.67. The van der Waals surface area contributed by atoms with E-state index in [-0.39, 0.29) is 0 Å². The van der Waals surface area contributed by atoms with Crippen molar-refractivity contribution in [3.63, 3.8) is 0 Å². The monoisotopic (exact) mass is 254 g/mol. The average molecular weight is 254 g/mol. The fourth-order valence-electron chi connectivity index (χ4n) is 3.10. The summed E-state index contributed by atoms with van der Waals surface area (Å²) in [6.45, 7) is 10.6. The molecule has 1 aliphatic rings. The maximum atomic E-state index is 2.61. The fourth-order valence-corrected chi connectivity index (χ4v) is 3.10. The van der Waals surface area contributed by atoms with Gasteiger partial charge in [-0.2, -0.15) is 0 Å². The molecule has 0 bridgehead atoms. The lowest BCUT2D eigenvalue weighted by Crippen LogP contribution is -2.44. The summed E-state index contributed by atoms with van der Waals surface area (Å²) in [5.41, 5.74) is 0. The number of nitrogens with zero attached hydrogens (tertiary/aromatic N) is 2. The minimum atomic E-state index is 0.685. The van der Waals surface area contributed by atoms with E-state index in [9.17, 15) is 0 Å². The molecule has 0 radical (unpaired) electrons. The molecule has 0 aromatic heterocycles. The van der Waals surface area contributed by atoms with Gasteiger partial charge < -0.3 is 9.80 Å². The van der Waals surface area contributed by atoms with Gasteiger partial charge >= 0.3 is 0 Å². The molecule has 18 heavy (non-hydrogen) atoms. The average Bonchev–Trinajstić information content (AvgIpc) is 2.37. The molecule has 0 N–H and O–H groups in total. The van der Waals surface area contributed by atoms with Crippen molar-refractivity contribution in [3.05, 3.63) is 0 Å². The molecule has 0 aromatic carbocycles. The summed E-state index contributed by atoms with van der Waals surface area (Å²) in [5.74, 6) is 0.839. The number of hydrogen-bond donors (Lipinski definition) is 0. The second kappa shape index (κ2) is 7.49. The van der Waals surface area contributed by atoms with E-state index in [0.717, 1.165) is 18.0 Å². The smallest absolute Gasteiger partial charge is 0.00960 e. The maximum absolute atomic E-state index is 2.61. The third-order valence-electron chi connectivity index (χ3n) is 4.98. The van der Waals surface area contributed by atoms with Crippen LogP contribution in [0.5, 0.6) is 0 Å². The molecule has 0 heterocycles. The highest BCUT2D eigenvalue weighted by Crippen LogP contribution is 2.26. The fraction of sp³-hybridized carbons (Fsp3) is 1.00. The molecule has 1 atom stereocenters. The Morgan fingerprint density at radius 3 is 1.89 bits per heavy atom. The minimum absolute atomic E-state index is 0.685. The molecule has 1 unspecified atom stereocenters. The van der Waals surface area contributed by atoms with Gasteiger partial charge in [0.1, 0.15) is 0 Å². The van der Waals surface area contributed by atoms with Gasteiger partial charge in [-0.05, 0) is 59.5 Å². The van der Waals surface area contributed by atoms with Crippen LogP contribution in [0.1, 0.15) is 59.8 Å². The van der Waals surface area contributed by atoms with E-state index >= 15 is 0 Å². The van der Waals surface area contributed by atoms with Crippen molar-refractivity contribution >= 4 is 0 Å². The minimum Gasteiger partial charge on any atom is -0.303 e. The van der Waals surface area contributed by atoms with Crippen molar-refractivity contribution in [2.45, 2.75) is 77.9 Å². The molecule has 0 saturated heterocycles. The van der Waals surface area contributed by atoms with Gasteiger partial charge in [0.05, 0.1) is 0 Å². The Balaban J connectivity index is 2.34. The lowest BCUT2D eigenvalue weighted by atomic mass is 9.88. The molecule has 0 amide bonds. The van der Waals surface area contributed by atoms with Crippen LogP contribution >= 0.6 is 0 Å². The molecular formula is C16H34N2. The van der Waals surface area contributed by atoms with Gasteiger partial charge in [-0.1, -0.05) is 20.3 Å². The van der Waals surface area contributed by atoms with Gasteiger partial charge in [0.25, 0.3) is 0 Å². The Morgan fingerprint density at radius 2 is 1.44 bits per heavy atom. The van der Waals surface area contributed by atoms with E-state index in [1.165, 1.54) is 38.6 Å². The third-order valence-corrected chi connectivity index (χ3v) is 4.98. The summed E-state index contributed by atoms with van der Waals surface area (Å²) in [5, 5.41) is 0. The predicted molar refractivity (Wildman–Crippen MR) is 81.0 cm³/mol. The molecule has 2 nitrogen and oxygen atoms in total. The molecule has 0 spiro atoms. The zero-order valence-electron chi connectivity index (χ0n) is 13.4. The van der Waals surface area contributed by atoms with Crippen molar-refractivity contribution in [1.82, 2.24) is 9.80 Å². The Morgan fingerprint density at radius 1 is 0.944 bits per heavy atom. The molecule has 2 heteroatoms. The maximum Gasteiger partial charge on any atom is 0.00960 e.